The third kappa shape index (κ3) is 3.88. The summed E-state index contributed by atoms with van der Waals surface area (Å²) in [6.07, 6.45) is 11.4. The number of ether oxygens (including phenoxy) is 1. The molecule has 25 heavy (non-hydrogen) atoms. The lowest BCUT2D eigenvalue weighted by Crippen LogP contribution is -2.30. The highest BCUT2D eigenvalue weighted by atomic mass is 16.5. The zero-order valence-corrected chi connectivity index (χ0v) is 14.3. The summed E-state index contributed by atoms with van der Waals surface area (Å²) in [7, 11) is 1.95. The van der Waals surface area contributed by atoms with Crippen molar-refractivity contribution in [2.45, 2.75) is 19.6 Å². The quantitative estimate of drug-likeness (QED) is 0.709. The van der Waals surface area contributed by atoms with Crippen molar-refractivity contribution in [1.29, 1.82) is 0 Å². The van der Waals surface area contributed by atoms with Crippen LogP contribution in [0.15, 0.2) is 49.3 Å². The molecule has 0 bridgehead atoms. The summed E-state index contributed by atoms with van der Waals surface area (Å²) >= 11 is 0. The van der Waals surface area contributed by atoms with Crippen LogP contribution in [0.25, 0.3) is 0 Å². The Labute approximate surface area is 146 Å². The predicted molar refractivity (Wildman–Crippen MR) is 92.8 cm³/mol. The number of pyridine rings is 1. The van der Waals surface area contributed by atoms with Gasteiger partial charge in [-0.25, -0.2) is 4.98 Å². The number of aromatic nitrogens is 5. The molecule has 7 nitrogen and oxygen atoms in total. The van der Waals surface area contributed by atoms with Crippen molar-refractivity contribution in [3.05, 3.63) is 60.7 Å². The van der Waals surface area contributed by atoms with Gasteiger partial charge in [-0.05, 0) is 12.1 Å². The second kappa shape index (κ2) is 7.06. The molecule has 0 aromatic carbocycles. The lowest BCUT2D eigenvalue weighted by atomic mass is 10.1. The van der Waals surface area contributed by atoms with Gasteiger partial charge in [0.25, 0.3) is 0 Å². The Morgan fingerprint density at radius 3 is 3.00 bits per heavy atom. The molecule has 4 rings (SSSR count). The fraction of sp³-hybridized carbons (Fsp3) is 0.389. The van der Waals surface area contributed by atoms with Crippen molar-refractivity contribution in [2.24, 2.45) is 13.0 Å². The fourth-order valence-electron chi connectivity index (χ4n) is 3.31. The topological polar surface area (TPSA) is 61.0 Å². The van der Waals surface area contributed by atoms with Gasteiger partial charge >= 0.3 is 0 Å². The molecule has 1 unspecified atom stereocenters. The van der Waals surface area contributed by atoms with Gasteiger partial charge in [-0.3, -0.25) is 14.6 Å². The highest BCUT2D eigenvalue weighted by Crippen LogP contribution is 2.19. The van der Waals surface area contributed by atoms with Gasteiger partial charge in [-0.2, -0.15) is 5.10 Å². The number of fused-ring (bicyclic) bond motifs is 1. The molecule has 4 heterocycles. The van der Waals surface area contributed by atoms with Crippen LogP contribution in [0.5, 0.6) is 5.75 Å². The van der Waals surface area contributed by atoms with Crippen molar-refractivity contribution in [3.8, 4) is 5.75 Å². The van der Waals surface area contributed by atoms with Gasteiger partial charge in [-0.15, -0.1) is 0 Å². The van der Waals surface area contributed by atoms with Gasteiger partial charge in [0.1, 0.15) is 11.6 Å². The number of nitrogens with zero attached hydrogens (tertiary/aromatic N) is 6. The first-order valence-corrected chi connectivity index (χ1v) is 8.49. The molecule has 3 aromatic rings. The Morgan fingerprint density at radius 2 is 2.20 bits per heavy atom. The summed E-state index contributed by atoms with van der Waals surface area (Å²) in [6, 6.07) is 3.84. The zero-order valence-electron chi connectivity index (χ0n) is 14.3. The molecule has 0 saturated heterocycles. The lowest BCUT2D eigenvalue weighted by molar-refractivity contribution is 0.167. The van der Waals surface area contributed by atoms with Crippen molar-refractivity contribution in [3.63, 3.8) is 0 Å². The second-order valence-corrected chi connectivity index (χ2v) is 6.55. The molecule has 0 amide bonds. The monoisotopic (exact) mass is 338 g/mol. The first kappa shape index (κ1) is 15.8. The number of imidazole rings is 1. The standard InChI is InChI=1S/C18H22N6O/c1-22-9-15(7-21-22)10-23-11-16(12-24-6-5-20-18(24)13-23)14-25-17-3-2-4-19-8-17/h2-9,16H,10-14H2,1H3. The van der Waals surface area contributed by atoms with Crippen LogP contribution >= 0.6 is 0 Å². The van der Waals surface area contributed by atoms with Crippen molar-refractivity contribution in [1.82, 2.24) is 29.2 Å². The van der Waals surface area contributed by atoms with Gasteiger partial charge in [0, 0.05) is 63.0 Å². The average molecular weight is 338 g/mol. The Kier molecular flexibility index (Phi) is 4.47. The fourth-order valence-corrected chi connectivity index (χ4v) is 3.31. The van der Waals surface area contributed by atoms with E-state index in [1.54, 1.807) is 12.4 Å². The summed E-state index contributed by atoms with van der Waals surface area (Å²) in [5.41, 5.74) is 1.22. The van der Waals surface area contributed by atoms with E-state index in [4.69, 9.17) is 4.74 Å². The third-order valence-corrected chi connectivity index (χ3v) is 4.42. The minimum atomic E-state index is 0.382. The minimum Gasteiger partial charge on any atom is -0.492 e. The second-order valence-electron chi connectivity index (χ2n) is 6.55. The molecule has 130 valence electrons. The first-order valence-electron chi connectivity index (χ1n) is 8.49. The largest absolute Gasteiger partial charge is 0.492 e. The van der Waals surface area contributed by atoms with E-state index in [9.17, 15) is 0 Å². The maximum Gasteiger partial charge on any atom is 0.137 e. The molecule has 0 spiro atoms. The predicted octanol–water partition coefficient (Wildman–Crippen LogP) is 1.72. The van der Waals surface area contributed by atoms with Crippen LogP contribution in [0.2, 0.25) is 0 Å². The van der Waals surface area contributed by atoms with E-state index < -0.39 is 0 Å². The number of rotatable bonds is 5. The summed E-state index contributed by atoms with van der Waals surface area (Å²) < 4.78 is 10.0. The smallest absolute Gasteiger partial charge is 0.137 e. The Hall–Kier alpha value is -2.67. The molecule has 0 radical (unpaired) electrons. The van der Waals surface area contributed by atoms with E-state index in [2.05, 4.69) is 36.9 Å². The van der Waals surface area contributed by atoms with Crippen molar-refractivity contribution in [2.75, 3.05) is 13.2 Å². The molecule has 1 atom stereocenters. The van der Waals surface area contributed by atoms with Gasteiger partial charge in [0.15, 0.2) is 0 Å². The van der Waals surface area contributed by atoms with Crippen LogP contribution in [0.4, 0.5) is 0 Å². The van der Waals surface area contributed by atoms with Crippen LogP contribution in [-0.2, 0) is 26.7 Å². The first-order chi connectivity index (χ1) is 12.3. The highest BCUT2D eigenvalue weighted by Gasteiger charge is 2.23. The Morgan fingerprint density at radius 1 is 1.24 bits per heavy atom. The van der Waals surface area contributed by atoms with Crippen LogP contribution in [0.1, 0.15) is 11.4 Å². The van der Waals surface area contributed by atoms with E-state index in [1.165, 1.54) is 5.56 Å². The maximum atomic E-state index is 5.96. The minimum absolute atomic E-state index is 0.382. The molecule has 1 aliphatic heterocycles. The van der Waals surface area contributed by atoms with Gasteiger partial charge < -0.3 is 9.30 Å². The summed E-state index contributed by atoms with van der Waals surface area (Å²) in [6.45, 7) is 4.24. The van der Waals surface area contributed by atoms with E-state index in [1.807, 2.05) is 36.3 Å². The van der Waals surface area contributed by atoms with E-state index >= 15 is 0 Å². The zero-order chi connectivity index (χ0) is 17.1. The molecule has 0 N–H and O–H groups in total. The van der Waals surface area contributed by atoms with E-state index in [0.717, 1.165) is 37.8 Å². The molecule has 0 aliphatic carbocycles. The van der Waals surface area contributed by atoms with Gasteiger partial charge in [0.2, 0.25) is 0 Å². The SMILES string of the molecule is Cn1cc(CN2Cc3nccn3CC(COc3cccnc3)C2)cn1. The van der Waals surface area contributed by atoms with E-state index in [0.29, 0.717) is 12.5 Å². The molecule has 1 aliphatic rings. The number of aryl methyl sites for hydroxylation is 1. The maximum absolute atomic E-state index is 5.96. The van der Waals surface area contributed by atoms with Crippen LogP contribution in [-0.4, -0.2) is 42.4 Å². The van der Waals surface area contributed by atoms with Crippen molar-refractivity contribution >= 4 is 0 Å². The third-order valence-electron chi connectivity index (χ3n) is 4.42. The Balaban J connectivity index is 1.47. The Bertz CT molecular complexity index is 812. The van der Waals surface area contributed by atoms with Gasteiger partial charge in [0.05, 0.1) is 25.5 Å². The molecule has 0 fully saturated rings. The summed E-state index contributed by atoms with van der Waals surface area (Å²) in [5, 5.41) is 4.27. The lowest BCUT2D eigenvalue weighted by Gasteiger charge is -2.23. The summed E-state index contributed by atoms with van der Waals surface area (Å²) in [4.78, 5) is 11.0. The molecular weight excluding hydrogens is 316 g/mol. The molecular formula is C18H22N6O. The summed E-state index contributed by atoms with van der Waals surface area (Å²) in [5.74, 6) is 2.30. The normalized spacial score (nSPS) is 17.9. The number of hydrogen-bond acceptors (Lipinski definition) is 5. The average Bonchev–Trinajstić information content (AvgIpc) is 3.19. The van der Waals surface area contributed by atoms with Crippen LogP contribution < -0.4 is 4.74 Å². The number of hydrogen-bond donors (Lipinski definition) is 0. The highest BCUT2D eigenvalue weighted by molar-refractivity contribution is 5.15. The van der Waals surface area contributed by atoms with Crippen LogP contribution in [0, 0.1) is 5.92 Å². The molecule has 3 aromatic heterocycles. The van der Waals surface area contributed by atoms with Crippen molar-refractivity contribution < 1.29 is 4.74 Å². The van der Waals surface area contributed by atoms with E-state index in [-0.39, 0.29) is 0 Å². The van der Waals surface area contributed by atoms with Gasteiger partial charge in [-0.1, -0.05) is 0 Å². The molecule has 0 saturated carbocycles. The molecule has 7 heteroatoms. The van der Waals surface area contributed by atoms with Crippen LogP contribution in [0.3, 0.4) is 0 Å².